The minimum Gasteiger partial charge on any atom is -0.368 e. The molecule has 0 bridgehead atoms. The van der Waals surface area contributed by atoms with Gasteiger partial charge in [0, 0.05) is 18.3 Å². The summed E-state index contributed by atoms with van der Waals surface area (Å²) in [5, 5.41) is 2.80. The third-order valence-corrected chi connectivity index (χ3v) is 3.52. The monoisotopic (exact) mass is 345 g/mol. The first-order chi connectivity index (χ1) is 11.2. The van der Waals surface area contributed by atoms with E-state index in [-0.39, 0.29) is 17.9 Å². The number of nitrogens with one attached hydrogen (secondary N) is 1. The number of aromatic nitrogens is 1. The minimum absolute atomic E-state index is 0.0726. The minimum atomic E-state index is -4.46. The van der Waals surface area contributed by atoms with Crippen LogP contribution in [0.5, 0.6) is 0 Å². The van der Waals surface area contributed by atoms with Crippen LogP contribution in [0.1, 0.15) is 17.2 Å². The molecule has 130 valence electrons. The highest BCUT2D eigenvalue weighted by Crippen LogP contribution is 2.29. The van der Waals surface area contributed by atoms with Crippen molar-refractivity contribution in [3.63, 3.8) is 0 Å². The standard InChI is InChI=1S/C16H16F5N3/c1-24(2)13(15-11(17)4-3-5-12(15)18)9-23-14-7-6-10(8-22-14)16(19,20)21/h3-8,13H,9H2,1-2H3,(H,22,23). The number of anilines is 1. The van der Waals surface area contributed by atoms with E-state index in [0.29, 0.717) is 6.20 Å². The summed E-state index contributed by atoms with van der Waals surface area (Å²) in [4.78, 5) is 5.29. The van der Waals surface area contributed by atoms with E-state index in [1.165, 1.54) is 12.1 Å². The van der Waals surface area contributed by atoms with E-state index in [9.17, 15) is 22.0 Å². The summed E-state index contributed by atoms with van der Waals surface area (Å²) in [6, 6.07) is 4.99. The molecule has 24 heavy (non-hydrogen) atoms. The molecule has 0 fully saturated rings. The third-order valence-electron chi connectivity index (χ3n) is 3.52. The molecule has 1 atom stereocenters. The van der Waals surface area contributed by atoms with Gasteiger partial charge in [-0.3, -0.25) is 0 Å². The zero-order valence-electron chi connectivity index (χ0n) is 13.0. The van der Waals surface area contributed by atoms with E-state index in [0.717, 1.165) is 18.2 Å². The van der Waals surface area contributed by atoms with Crippen LogP contribution < -0.4 is 5.32 Å². The Bertz CT molecular complexity index is 663. The summed E-state index contributed by atoms with van der Waals surface area (Å²) in [6.45, 7) is 0.0726. The number of hydrogen-bond acceptors (Lipinski definition) is 3. The molecule has 0 aliphatic carbocycles. The fourth-order valence-electron chi connectivity index (χ4n) is 2.24. The van der Waals surface area contributed by atoms with Crippen LogP contribution in [-0.2, 0) is 6.18 Å². The molecule has 1 heterocycles. The first-order valence-electron chi connectivity index (χ1n) is 7.07. The van der Waals surface area contributed by atoms with Crippen molar-refractivity contribution < 1.29 is 22.0 Å². The molecule has 2 aromatic rings. The summed E-state index contributed by atoms with van der Waals surface area (Å²) in [7, 11) is 3.30. The summed E-state index contributed by atoms with van der Waals surface area (Å²) >= 11 is 0. The van der Waals surface area contributed by atoms with E-state index in [1.807, 2.05) is 0 Å². The van der Waals surface area contributed by atoms with Crippen LogP contribution in [0, 0.1) is 11.6 Å². The molecule has 1 N–H and O–H groups in total. The Hall–Kier alpha value is -2.22. The van der Waals surface area contributed by atoms with Crippen LogP contribution >= 0.6 is 0 Å². The van der Waals surface area contributed by atoms with Gasteiger partial charge in [0.25, 0.3) is 0 Å². The van der Waals surface area contributed by atoms with E-state index >= 15 is 0 Å². The van der Waals surface area contributed by atoms with Gasteiger partial charge in [0.2, 0.25) is 0 Å². The molecule has 0 aliphatic rings. The van der Waals surface area contributed by atoms with E-state index < -0.39 is 29.4 Å². The Kier molecular flexibility index (Phi) is 5.38. The Balaban J connectivity index is 2.15. The predicted octanol–water partition coefficient (Wildman–Crippen LogP) is 4.09. The fourth-order valence-corrected chi connectivity index (χ4v) is 2.24. The highest BCUT2D eigenvalue weighted by Gasteiger charge is 2.30. The van der Waals surface area contributed by atoms with Crippen LogP contribution in [0.3, 0.4) is 0 Å². The molecule has 0 saturated heterocycles. The maximum Gasteiger partial charge on any atom is 0.417 e. The topological polar surface area (TPSA) is 28.2 Å². The molecule has 0 spiro atoms. The summed E-state index contributed by atoms with van der Waals surface area (Å²) < 4.78 is 65.4. The highest BCUT2D eigenvalue weighted by molar-refractivity contribution is 5.37. The molecule has 8 heteroatoms. The van der Waals surface area contributed by atoms with Crippen LogP contribution in [0.15, 0.2) is 36.5 Å². The number of rotatable bonds is 5. The van der Waals surface area contributed by atoms with E-state index in [1.54, 1.807) is 19.0 Å². The third kappa shape index (κ3) is 4.19. The molecule has 1 unspecified atom stereocenters. The van der Waals surface area contributed by atoms with Crippen LogP contribution in [0.4, 0.5) is 27.8 Å². The smallest absolute Gasteiger partial charge is 0.368 e. The van der Waals surface area contributed by atoms with Crippen LogP contribution in [0.25, 0.3) is 0 Å². The van der Waals surface area contributed by atoms with Gasteiger partial charge in [0.05, 0.1) is 11.6 Å². The van der Waals surface area contributed by atoms with Crippen LogP contribution in [-0.4, -0.2) is 30.5 Å². The molecule has 0 aliphatic heterocycles. The Morgan fingerprint density at radius 3 is 2.17 bits per heavy atom. The molecule has 0 radical (unpaired) electrons. The molecule has 2 rings (SSSR count). The van der Waals surface area contributed by atoms with Crippen molar-refractivity contribution in [3.8, 4) is 0 Å². The lowest BCUT2D eigenvalue weighted by molar-refractivity contribution is -0.137. The number of pyridine rings is 1. The number of halogens is 5. The lowest BCUT2D eigenvalue weighted by Gasteiger charge is -2.26. The Morgan fingerprint density at radius 1 is 1.08 bits per heavy atom. The average molecular weight is 345 g/mol. The second-order valence-electron chi connectivity index (χ2n) is 5.43. The van der Waals surface area contributed by atoms with Gasteiger partial charge < -0.3 is 10.2 Å². The van der Waals surface area contributed by atoms with Gasteiger partial charge in [-0.05, 0) is 38.4 Å². The molecule has 1 aromatic heterocycles. The Morgan fingerprint density at radius 2 is 1.71 bits per heavy atom. The number of likely N-dealkylation sites (N-methyl/N-ethyl adjacent to an activating group) is 1. The second-order valence-corrected chi connectivity index (χ2v) is 5.43. The van der Waals surface area contributed by atoms with Gasteiger partial charge in [0.1, 0.15) is 17.5 Å². The second kappa shape index (κ2) is 7.12. The van der Waals surface area contributed by atoms with E-state index in [4.69, 9.17) is 0 Å². The Labute approximate surface area is 136 Å². The number of hydrogen-bond donors (Lipinski definition) is 1. The van der Waals surface area contributed by atoms with Gasteiger partial charge in [-0.1, -0.05) is 6.07 Å². The first-order valence-corrected chi connectivity index (χ1v) is 7.07. The lowest BCUT2D eigenvalue weighted by atomic mass is 10.0. The quantitative estimate of drug-likeness (QED) is 0.827. The molecule has 3 nitrogen and oxygen atoms in total. The highest BCUT2D eigenvalue weighted by atomic mass is 19.4. The first kappa shape index (κ1) is 18.1. The largest absolute Gasteiger partial charge is 0.417 e. The number of alkyl halides is 3. The van der Waals surface area contributed by atoms with Crippen molar-refractivity contribution in [2.45, 2.75) is 12.2 Å². The molecular weight excluding hydrogens is 329 g/mol. The normalized spacial score (nSPS) is 13.2. The van der Waals surface area contributed by atoms with Crippen molar-refractivity contribution in [3.05, 3.63) is 59.3 Å². The van der Waals surface area contributed by atoms with Crippen molar-refractivity contribution in [1.29, 1.82) is 0 Å². The number of nitrogens with zero attached hydrogens (tertiary/aromatic N) is 2. The zero-order chi connectivity index (χ0) is 17.9. The lowest BCUT2D eigenvalue weighted by Crippen LogP contribution is -2.28. The molecular formula is C16H16F5N3. The van der Waals surface area contributed by atoms with Gasteiger partial charge in [-0.15, -0.1) is 0 Å². The summed E-state index contributed by atoms with van der Waals surface area (Å²) in [5.74, 6) is -1.18. The van der Waals surface area contributed by atoms with Gasteiger partial charge >= 0.3 is 6.18 Å². The predicted molar refractivity (Wildman–Crippen MR) is 80.5 cm³/mol. The maximum absolute atomic E-state index is 13.9. The van der Waals surface area contributed by atoms with Crippen molar-refractivity contribution in [2.75, 3.05) is 26.0 Å². The summed E-state index contributed by atoms with van der Waals surface area (Å²) in [6.07, 6.45) is -3.76. The maximum atomic E-state index is 13.9. The average Bonchev–Trinajstić information content (AvgIpc) is 2.49. The van der Waals surface area contributed by atoms with E-state index in [2.05, 4.69) is 10.3 Å². The van der Waals surface area contributed by atoms with Gasteiger partial charge in [0.15, 0.2) is 0 Å². The van der Waals surface area contributed by atoms with Gasteiger partial charge in [-0.25, -0.2) is 13.8 Å². The fraction of sp³-hybridized carbons (Fsp3) is 0.312. The van der Waals surface area contributed by atoms with Crippen molar-refractivity contribution in [2.24, 2.45) is 0 Å². The van der Waals surface area contributed by atoms with Crippen molar-refractivity contribution >= 4 is 5.82 Å². The van der Waals surface area contributed by atoms with Crippen LogP contribution in [0.2, 0.25) is 0 Å². The molecule has 0 amide bonds. The SMILES string of the molecule is CN(C)C(CNc1ccc(C(F)(F)F)cn1)c1c(F)cccc1F. The number of benzene rings is 1. The molecule has 0 saturated carbocycles. The molecule has 1 aromatic carbocycles. The zero-order valence-corrected chi connectivity index (χ0v) is 13.0. The summed E-state index contributed by atoms with van der Waals surface area (Å²) in [5.41, 5.74) is -0.973. The van der Waals surface area contributed by atoms with Gasteiger partial charge in [-0.2, -0.15) is 13.2 Å². The van der Waals surface area contributed by atoms with Crippen molar-refractivity contribution in [1.82, 2.24) is 9.88 Å².